The Labute approximate surface area is 74.0 Å². The molecule has 0 amide bonds. The molecule has 0 spiro atoms. The molecule has 0 aliphatic heterocycles. The molecule has 0 heterocycles. The topological polar surface area (TPSA) is 38.7 Å². The average Bonchev–Trinajstić information content (AvgIpc) is 2.15. The van der Waals surface area contributed by atoms with Gasteiger partial charge in [-0.2, -0.15) is 13.7 Å². The van der Waals surface area contributed by atoms with Gasteiger partial charge in [-0.05, 0) is 5.46 Å². The summed E-state index contributed by atoms with van der Waals surface area (Å²) in [7, 11) is -1.49. The molecular weight excluding hydrogens is 181 g/mol. The summed E-state index contributed by atoms with van der Waals surface area (Å²) < 4.78 is 22.9. The van der Waals surface area contributed by atoms with Gasteiger partial charge in [0.15, 0.2) is 0 Å². The van der Waals surface area contributed by atoms with Crippen LogP contribution in [0.3, 0.4) is 0 Å². The van der Waals surface area contributed by atoms with E-state index in [1.54, 1.807) is 18.2 Å². The highest BCUT2D eigenvalue weighted by Gasteiger charge is 2.19. The second-order valence-corrected chi connectivity index (χ2v) is 2.22. The lowest BCUT2D eigenvalue weighted by Crippen LogP contribution is -2.34. The summed E-state index contributed by atoms with van der Waals surface area (Å²) in [6.45, 7) is -3.06. The van der Waals surface area contributed by atoms with Crippen molar-refractivity contribution in [3.05, 3.63) is 30.3 Å². The summed E-state index contributed by atoms with van der Waals surface area (Å²) >= 11 is 0. The molecule has 0 saturated heterocycles. The van der Waals surface area contributed by atoms with Crippen LogP contribution < -0.4 is 5.46 Å². The Morgan fingerprint density at radius 2 is 1.85 bits per heavy atom. The van der Waals surface area contributed by atoms with Gasteiger partial charge in [0.05, 0.1) is 0 Å². The molecule has 6 heteroatoms. The molecular formula is C7H7BF2O3. The largest absolute Gasteiger partial charge is 0.523 e. The number of hydrogen-bond acceptors (Lipinski definition) is 3. The molecule has 13 heavy (non-hydrogen) atoms. The van der Waals surface area contributed by atoms with E-state index >= 15 is 0 Å². The Morgan fingerprint density at radius 1 is 1.23 bits per heavy atom. The van der Waals surface area contributed by atoms with E-state index in [-0.39, 0.29) is 0 Å². The van der Waals surface area contributed by atoms with Crippen molar-refractivity contribution in [2.75, 3.05) is 0 Å². The van der Waals surface area contributed by atoms with Gasteiger partial charge >= 0.3 is 13.7 Å². The number of hydrogen-bond donors (Lipinski definition) is 1. The average molecular weight is 188 g/mol. The van der Waals surface area contributed by atoms with E-state index in [2.05, 4.69) is 9.69 Å². The van der Waals surface area contributed by atoms with Crippen molar-refractivity contribution in [3.8, 4) is 0 Å². The third-order valence-electron chi connectivity index (χ3n) is 1.30. The minimum atomic E-state index is -3.06. The Balaban J connectivity index is 2.44. The maximum Gasteiger partial charge on any atom is 0.523 e. The minimum absolute atomic E-state index is 0.350. The fraction of sp³-hybridized carbons (Fsp3) is 0.143. The number of rotatable bonds is 4. The maximum atomic E-state index is 11.5. The zero-order valence-corrected chi connectivity index (χ0v) is 6.56. The van der Waals surface area contributed by atoms with E-state index in [1.165, 1.54) is 12.1 Å². The normalized spacial score (nSPS) is 10.5. The molecule has 0 aliphatic rings. The fourth-order valence-electron chi connectivity index (χ4n) is 0.768. The van der Waals surface area contributed by atoms with Crippen LogP contribution in [0.2, 0.25) is 0 Å². The molecule has 0 saturated carbocycles. The lowest BCUT2D eigenvalue weighted by molar-refractivity contribution is -0.332. The molecule has 1 aromatic carbocycles. The van der Waals surface area contributed by atoms with E-state index < -0.39 is 13.7 Å². The zero-order chi connectivity index (χ0) is 9.68. The van der Waals surface area contributed by atoms with Crippen LogP contribution in [0, 0.1) is 0 Å². The van der Waals surface area contributed by atoms with Gasteiger partial charge in [0.2, 0.25) is 0 Å². The summed E-state index contributed by atoms with van der Waals surface area (Å²) in [5.41, 5.74) is 0.350. The van der Waals surface area contributed by atoms with Crippen LogP contribution in [0.4, 0.5) is 8.78 Å². The smallest absolute Gasteiger partial charge is 0.422 e. The SMILES string of the molecule is OB(OOC(F)F)c1ccccc1. The van der Waals surface area contributed by atoms with E-state index in [1.807, 2.05) is 0 Å². The van der Waals surface area contributed by atoms with Gasteiger partial charge in [-0.3, -0.25) is 4.81 Å². The van der Waals surface area contributed by atoms with Crippen LogP contribution >= 0.6 is 0 Å². The van der Waals surface area contributed by atoms with Gasteiger partial charge in [0, 0.05) is 0 Å². The highest BCUT2D eigenvalue weighted by atomic mass is 19.3. The third-order valence-corrected chi connectivity index (χ3v) is 1.30. The summed E-state index contributed by atoms with van der Waals surface area (Å²) in [6, 6.07) is 8.07. The van der Waals surface area contributed by atoms with Crippen molar-refractivity contribution in [2.24, 2.45) is 0 Å². The standard InChI is InChI=1S/C7H7BF2O3/c9-7(10)12-13-8(11)6-4-2-1-3-5-6/h1-5,7,11H. The van der Waals surface area contributed by atoms with Gasteiger partial charge < -0.3 is 5.02 Å². The molecule has 0 aromatic heterocycles. The highest BCUT2D eigenvalue weighted by molar-refractivity contribution is 6.59. The first-order chi connectivity index (χ1) is 6.20. The van der Waals surface area contributed by atoms with Crippen molar-refractivity contribution >= 4 is 12.6 Å². The van der Waals surface area contributed by atoms with Crippen LogP contribution in [0.25, 0.3) is 0 Å². The van der Waals surface area contributed by atoms with Crippen molar-refractivity contribution in [1.82, 2.24) is 0 Å². The second-order valence-electron chi connectivity index (χ2n) is 2.22. The predicted molar refractivity (Wildman–Crippen MR) is 42.2 cm³/mol. The van der Waals surface area contributed by atoms with Crippen LogP contribution in [0.5, 0.6) is 0 Å². The molecule has 0 radical (unpaired) electrons. The first kappa shape index (κ1) is 10.1. The lowest BCUT2D eigenvalue weighted by Gasteiger charge is -2.05. The zero-order valence-electron chi connectivity index (χ0n) is 6.56. The van der Waals surface area contributed by atoms with Crippen LogP contribution in [0.15, 0.2) is 30.3 Å². The Kier molecular flexibility index (Phi) is 3.82. The molecule has 1 aromatic rings. The summed E-state index contributed by atoms with van der Waals surface area (Å²) in [5, 5.41) is 9.09. The van der Waals surface area contributed by atoms with E-state index in [0.29, 0.717) is 5.46 Å². The Bertz CT molecular complexity index is 245. The van der Waals surface area contributed by atoms with Crippen molar-refractivity contribution in [3.63, 3.8) is 0 Å². The Hall–Kier alpha value is -0.975. The predicted octanol–water partition coefficient (Wildman–Crippen LogP) is 0.545. The fourth-order valence-corrected chi connectivity index (χ4v) is 0.768. The van der Waals surface area contributed by atoms with Crippen molar-refractivity contribution < 1.29 is 23.5 Å². The van der Waals surface area contributed by atoms with Crippen molar-refractivity contribution in [2.45, 2.75) is 6.61 Å². The van der Waals surface area contributed by atoms with Gasteiger partial charge in [0.1, 0.15) is 0 Å². The Morgan fingerprint density at radius 3 is 2.38 bits per heavy atom. The molecule has 0 unspecified atom stereocenters. The first-order valence-corrected chi connectivity index (χ1v) is 3.53. The third kappa shape index (κ3) is 3.50. The molecule has 1 N–H and O–H groups in total. The second kappa shape index (κ2) is 4.91. The van der Waals surface area contributed by atoms with E-state index in [9.17, 15) is 8.78 Å². The first-order valence-electron chi connectivity index (χ1n) is 3.53. The van der Waals surface area contributed by atoms with Crippen LogP contribution in [-0.2, 0) is 9.69 Å². The lowest BCUT2D eigenvalue weighted by atomic mass is 9.80. The molecule has 3 nitrogen and oxygen atoms in total. The van der Waals surface area contributed by atoms with Gasteiger partial charge in [-0.25, -0.2) is 0 Å². The summed E-state index contributed by atoms with van der Waals surface area (Å²) in [5.74, 6) is 0. The quantitative estimate of drug-likeness (QED) is 0.425. The summed E-state index contributed by atoms with van der Waals surface area (Å²) in [6.07, 6.45) is 0. The van der Waals surface area contributed by atoms with Gasteiger partial charge in [0.25, 0.3) is 0 Å². The number of alkyl halides is 2. The molecule has 70 valence electrons. The van der Waals surface area contributed by atoms with E-state index in [0.717, 1.165) is 0 Å². The molecule has 0 fully saturated rings. The van der Waals surface area contributed by atoms with Crippen molar-refractivity contribution in [1.29, 1.82) is 0 Å². The number of halogens is 2. The maximum absolute atomic E-state index is 11.5. The molecule has 1 rings (SSSR count). The monoisotopic (exact) mass is 188 g/mol. The highest BCUT2D eigenvalue weighted by Crippen LogP contribution is 1.96. The summed E-state index contributed by atoms with van der Waals surface area (Å²) in [4.78, 5) is 7.47. The van der Waals surface area contributed by atoms with Crippen LogP contribution in [-0.4, -0.2) is 18.8 Å². The van der Waals surface area contributed by atoms with Crippen LogP contribution in [0.1, 0.15) is 0 Å². The molecule has 0 aliphatic carbocycles. The van der Waals surface area contributed by atoms with Gasteiger partial charge in [-0.1, -0.05) is 30.3 Å². The molecule has 0 bridgehead atoms. The van der Waals surface area contributed by atoms with Gasteiger partial charge in [-0.15, -0.1) is 0 Å². The minimum Gasteiger partial charge on any atom is -0.422 e. The van der Waals surface area contributed by atoms with E-state index in [4.69, 9.17) is 5.02 Å². The number of benzene rings is 1. The molecule has 0 atom stereocenters.